The average Bonchev–Trinajstić information content (AvgIpc) is 2.24. The first-order chi connectivity index (χ1) is 9.55. The Labute approximate surface area is 129 Å². The minimum Gasteiger partial charge on any atom is -0.480 e. The van der Waals surface area contributed by atoms with Gasteiger partial charge in [-0.2, -0.15) is 4.31 Å². The van der Waals surface area contributed by atoms with E-state index in [9.17, 15) is 22.0 Å². The first-order valence-corrected chi connectivity index (χ1v) is 8.15. The maximum atomic E-state index is 13.8. The molecule has 21 heavy (non-hydrogen) atoms. The molecule has 9 heteroatoms. The first kappa shape index (κ1) is 18.0. The minimum absolute atomic E-state index is 0.0993. The molecule has 1 rings (SSSR count). The lowest BCUT2D eigenvalue weighted by molar-refractivity contribution is -0.137. The highest BCUT2D eigenvalue weighted by molar-refractivity contribution is 9.10. The number of benzene rings is 1. The van der Waals surface area contributed by atoms with Crippen LogP contribution in [0.4, 0.5) is 8.78 Å². The van der Waals surface area contributed by atoms with Crippen molar-refractivity contribution in [3.63, 3.8) is 0 Å². The van der Waals surface area contributed by atoms with Gasteiger partial charge in [-0.15, -0.1) is 0 Å². The van der Waals surface area contributed by atoms with Crippen molar-refractivity contribution in [3.05, 3.63) is 28.2 Å². The number of carboxylic acids is 1. The molecule has 1 aromatic rings. The highest BCUT2D eigenvalue weighted by Crippen LogP contribution is 2.29. The molecular formula is C12H14BrF2NO4S. The van der Waals surface area contributed by atoms with E-state index >= 15 is 0 Å². The van der Waals surface area contributed by atoms with Crippen molar-refractivity contribution in [1.82, 2.24) is 4.31 Å². The second kappa shape index (κ2) is 6.80. The summed E-state index contributed by atoms with van der Waals surface area (Å²) in [6.07, 6.45) is 0. The van der Waals surface area contributed by atoms with Gasteiger partial charge in [0.15, 0.2) is 0 Å². The van der Waals surface area contributed by atoms with Crippen LogP contribution in [0.1, 0.15) is 13.8 Å². The van der Waals surface area contributed by atoms with Crippen molar-refractivity contribution in [3.8, 4) is 0 Å². The highest BCUT2D eigenvalue weighted by atomic mass is 79.9. The van der Waals surface area contributed by atoms with Gasteiger partial charge in [-0.1, -0.05) is 13.8 Å². The van der Waals surface area contributed by atoms with Gasteiger partial charge >= 0.3 is 5.97 Å². The number of nitrogens with zero attached hydrogens (tertiary/aromatic N) is 1. The maximum absolute atomic E-state index is 13.8. The number of hydrogen-bond acceptors (Lipinski definition) is 3. The maximum Gasteiger partial charge on any atom is 0.318 e. The van der Waals surface area contributed by atoms with E-state index in [1.807, 2.05) is 0 Å². The Morgan fingerprint density at radius 2 is 1.95 bits per heavy atom. The third kappa shape index (κ3) is 4.45. The summed E-state index contributed by atoms with van der Waals surface area (Å²) in [7, 11) is -4.41. The van der Waals surface area contributed by atoms with Crippen molar-refractivity contribution >= 4 is 31.9 Å². The standard InChI is InChI=1S/C12H14BrF2NO4S/c1-7(2)5-16(6-11(17)18)21(19,20)12-9(13)3-8(14)4-10(12)15/h3-4,7H,5-6H2,1-2H3,(H,17,18). The van der Waals surface area contributed by atoms with Crippen LogP contribution >= 0.6 is 15.9 Å². The zero-order valence-corrected chi connectivity index (χ0v) is 13.7. The number of halogens is 3. The van der Waals surface area contributed by atoms with E-state index in [1.54, 1.807) is 13.8 Å². The molecule has 118 valence electrons. The summed E-state index contributed by atoms with van der Waals surface area (Å²) in [5, 5.41) is 8.82. The molecule has 0 atom stereocenters. The summed E-state index contributed by atoms with van der Waals surface area (Å²) in [5.74, 6) is -3.74. The van der Waals surface area contributed by atoms with Crippen molar-refractivity contribution in [2.75, 3.05) is 13.1 Å². The fraction of sp³-hybridized carbons (Fsp3) is 0.417. The Balaban J connectivity index is 3.38. The fourth-order valence-corrected chi connectivity index (χ4v) is 4.38. The second-order valence-corrected chi connectivity index (χ2v) is 7.51. The molecule has 0 aromatic heterocycles. The molecule has 1 N–H and O–H groups in total. The van der Waals surface area contributed by atoms with Crippen molar-refractivity contribution < 1.29 is 27.1 Å². The topological polar surface area (TPSA) is 74.7 Å². The molecule has 0 amide bonds. The van der Waals surface area contributed by atoms with Gasteiger partial charge in [-0.05, 0) is 27.9 Å². The van der Waals surface area contributed by atoms with E-state index in [0.717, 1.165) is 6.07 Å². The normalized spacial score (nSPS) is 12.1. The van der Waals surface area contributed by atoms with Crippen LogP contribution in [0.15, 0.2) is 21.5 Å². The third-order valence-electron chi connectivity index (χ3n) is 2.44. The Kier molecular flexibility index (Phi) is 5.83. The zero-order valence-electron chi connectivity index (χ0n) is 11.3. The van der Waals surface area contributed by atoms with Gasteiger partial charge in [-0.25, -0.2) is 17.2 Å². The number of aliphatic carboxylic acids is 1. The molecule has 0 aliphatic carbocycles. The number of carboxylic acid groups (broad SMARTS) is 1. The Hall–Kier alpha value is -1.06. The molecule has 0 radical (unpaired) electrons. The summed E-state index contributed by atoms with van der Waals surface area (Å²) >= 11 is 2.80. The summed E-state index contributed by atoms with van der Waals surface area (Å²) < 4.78 is 52.1. The highest BCUT2D eigenvalue weighted by Gasteiger charge is 2.32. The first-order valence-electron chi connectivity index (χ1n) is 5.92. The molecule has 0 saturated carbocycles. The summed E-state index contributed by atoms with van der Waals surface area (Å²) in [6, 6.07) is 1.25. The lowest BCUT2D eigenvalue weighted by Gasteiger charge is -2.23. The molecule has 5 nitrogen and oxygen atoms in total. The summed E-state index contributed by atoms with van der Waals surface area (Å²) in [5.41, 5.74) is 0. The van der Waals surface area contributed by atoms with Crippen LogP contribution in [0.5, 0.6) is 0 Å². The van der Waals surface area contributed by atoms with E-state index in [4.69, 9.17) is 5.11 Å². The Morgan fingerprint density at radius 3 is 2.38 bits per heavy atom. The molecule has 0 spiro atoms. The van der Waals surface area contributed by atoms with E-state index < -0.39 is 39.1 Å². The average molecular weight is 386 g/mol. The molecule has 1 aromatic carbocycles. The molecular weight excluding hydrogens is 372 g/mol. The minimum atomic E-state index is -4.41. The zero-order chi connectivity index (χ0) is 16.4. The Bertz CT molecular complexity index is 626. The van der Waals surface area contributed by atoms with E-state index in [-0.39, 0.29) is 16.9 Å². The van der Waals surface area contributed by atoms with Crippen LogP contribution in [0.25, 0.3) is 0 Å². The van der Waals surface area contributed by atoms with Crippen molar-refractivity contribution in [1.29, 1.82) is 0 Å². The molecule has 0 saturated heterocycles. The van der Waals surface area contributed by atoms with Gasteiger partial charge < -0.3 is 5.11 Å². The van der Waals surface area contributed by atoms with E-state index in [1.165, 1.54) is 0 Å². The predicted molar refractivity (Wildman–Crippen MR) is 75.3 cm³/mol. The van der Waals surface area contributed by atoms with Crippen LogP contribution in [-0.4, -0.2) is 36.9 Å². The smallest absolute Gasteiger partial charge is 0.318 e. The lowest BCUT2D eigenvalue weighted by Crippen LogP contribution is -2.38. The van der Waals surface area contributed by atoms with Gasteiger partial charge in [0.1, 0.15) is 23.1 Å². The summed E-state index contributed by atoms with van der Waals surface area (Å²) in [4.78, 5) is 10.0. The van der Waals surface area contributed by atoms with Crippen LogP contribution in [0.3, 0.4) is 0 Å². The Morgan fingerprint density at radius 1 is 1.38 bits per heavy atom. The van der Waals surface area contributed by atoms with Gasteiger partial charge in [0, 0.05) is 17.1 Å². The van der Waals surface area contributed by atoms with Crippen LogP contribution in [0.2, 0.25) is 0 Å². The summed E-state index contributed by atoms with van der Waals surface area (Å²) in [6.45, 7) is 2.49. The largest absolute Gasteiger partial charge is 0.480 e. The number of hydrogen-bond donors (Lipinski definition) is 1. The molecule has 0 heterocycles. The van der Waals surface area contributed by atoms with Crippen LogP contribution in [-0.2, 0) is 14.8 Å². The number of rotatable bonds is 6. The number of carbonyl (C=O) groups is 1. The van der Waals surface area contributed by atoms with E-state index in [2.05, 4.69) is 15.9 Å². The fourth-order valence-electron chi connectivity index (χ4n) is 1.71. The quantitative estimate of drug-likeness (QED) is 0.815. The SMILES string of the molecule is CC(C)CN(CC(=O)O)S(=O)(=O)c1c(F)cc(F)cc1Br. The van der Waals surface area contributed by atoms with Gasteiger partial charge in [-0.3, -0.25) is 4.79 Å². The van der Waals surface area contributed by atoms with Crippen LogP contribution in [0, 0.1) is 17.6 Å². The molecule has 0 unspecified atom stereocenters. The number of sulfonamides is 1. The van der Waals surface area contributed by atoms with E-state index in [0.29, 0.717) is 10.4 Å². The molecule has 0 fully saturated rings. The van der Waals surface area contributed by atoms with Crippen molar-refractivity contribution in [2.24, 2.45) is 5.92 Å². The van der Waals surface area contributed by atoms with Gasteiger partial charge in [0.2, 0.25) is 10.0 Å². The van der Waals surface area contributed by atoms with Crippen molar-refractivity contribution in [2.45, 2.75) is 18.7 Å². The molecule has 0 bridgehead atoms. The van der Waals surface area contributed by atoms with Gasteiger partial charge in [0.05, 0.1) is 0 Å². The predicted octanol–water partition coefficient (Wildman–Crippen LogP) is 2.46. The molecule has 0 aliphatic heterocycles. The van der Waals surface area contributed by atoms with Gasteiger partial charge in [0.25, 0.3) is 0 Å². The second-order valence-electron chi connectivity index (χ2n) is 4.78. The van der Waals surface area contributed by atoms with Crippen LogP contribution < -0.4 is 0 Å². The molecule has 0 aliphatic rings. The third-order valence-corrected chi connectivity index (χ3v) is 5.22. The lowest BCUT2D eigenvalue weighted by atomic mass is 10.2. The monoisotopic (exact) mass is 385 g/mol.